The average Bonchev–Trinajstić information content (AvgIpc) is 2.98. The predicted octanol–water partition coefficient (Wildman–Crippen LogP) is 4.55. The Morgan fingerprint density at radius 3 is 2.65 bits per heavy atom. The Bertz CT molecular complexity index is 961. The van der Waals surface area contributed by atoms with Gasteiger partial charge in [-0.2, -0.15) is 0 Å². The number of nitrogens with zero attached hydrogens (tertiary/aromatic N) is 3. The molecule has 0 N–H and O–H groups in total. The minimum absolute atomic E-state index is 0.0725. The van der Waals surface area contributed by atoms with Crippen LogP contribution < -0.4 is 4.90 Å². The number of anilines is 1. The molecule has 0 aliphatic carbocycles. The van der Waals surface area contributed by atoms with E-state index in [0.717, 1.165) is 21.9 Å². The van der Waals surface area contributed by atoms with E-state index in [9.17, 15) is 13.6 Å². The van der Waals surface area contributed by atoms with E-state index >= 15 is 0 Å². The van der Waals surface area contributed by atoms with Crippen LogP contribution in [0.25, 0.3) is 10.2 Å². The first-order valence-corrected chi connectivity index (χ1v) is 9.44. The van der Waals surface area contributed by atoms with E-state index in [1.807, 2.05) is 25.1 Å². The van der Waals surface area contributed by atoms with Gasteiger partial charge in [0.05, 0.1) is 4.70 Å². The van der Waals surface area contributed by atoms with Crippen molar-refractivity contribution in [1.82, 2.24) is 9.88 Å². The van der Waals surface area contributed by atoms with Crippen LogP contribution in [0, 0.1) is 11.6 Å². The summed E-state index contributed by atoms with van der Waals surface area (Å²) in [5.74, 6) is -1.64. The molecule has 4 nitrogen and oxygen atoms in total. The molecular weight excluding hydrogens is 424 g/mol. The number of thiazole rings is 1. The van der Waals surface area contributed by atoms with Crippen LogP contribution >= 0.6 is 27.3 Å². The molecule has 0 bridgehead atoms. The highest BCUT2D eigenvalue weighted by Gasteiger charge is 2.22. The molecule has 0 radical (unpaired) electrons. The highest BCUT2D eigenvalue weighted by atomic mass is 79.9. The molecule has 0 atom stereocenters. The second-order valence-corrected chi connectivity index (χ2v) is 7.93. The molecule has 0 spiro atoms. The van der Waals surface area contributed by atoms with Crippen LogP contribution in [0.2, 0.25) is 0 Å². The molecule has 1 amide bonds. The molecule has 0 aliphatic rings. The minimum Gasteiger partial charge on any atom is -0.308 e. The Labute approximate surface area is 162 Å². The van der Waals surface area contributed by atoms with E-state index in [-0.39, 0.29) is 11.4 Å². The van der Waals surface area contributed by atoms with Crippen LogP contribution in [0.4, 0.5) is 13.9 Å². The number of carbonyl (C=O) groups excluding carboxylic acids is 1. The van der Waals surface area contributed by atoms with Gasteiger partial charge >= 0.3 is 0 Å². The molecule has 8 heteroatoms. The summed E-state index contributed by atoms with van der Waals surface area (Å²) in [7, 11) is 3.80. The summed E-state index contributed by atoms with van der Waals surface area (Å²) in [6.45, 7) is 0.981. The predicted molar refractivity (Wildman–Crippen MR) is 104 cm³/mol. The maximum Gasteiger partial charge on any atom is 0.260 e. The SMILES string of the molecule is CN(C)CCN(C(=O)c1cccc(Br)c1)c1nc2c(F)cc(F)cc2s1. The first kappa shape index (κ1) is 18.9. The average molecular weight is 440 g/mol. The fraction of sp³-hybridized carbons (Fsp3) is 0.222. The Morgan fingerprint density at radius 2 is 1.96 bits per heavy atom. The zero-order valence-corrected chi connectivity index (χ0v) is 16.6. The van der Waals surface area contributed by atoms with Crippen LogP contribution in [0.15, 0.2) is 40.9 Å². The second kappa shape index (κ2) is 7.77. The van der Waals surface area contributed by atoms with Gasteiger partial charge in [0.1, 0.15) is 11.3 Å². The van der Waals surface area contributed by atoms with Crippen molar-refractivity contribution in [3.63, 3.8) is 0 Å². The number of amides is 1. The molecule has 0 unspecified atom stereocenters. The lowest BCUT2D eigenvalue weighted by molar-refractivity contribution is 0.0985. The number of carbonyl (C=O) groups is 1. The van der Waals surface area contributed by atoms with Gasteiger partial charge in [0.25, 0.3) is 5.91 Å². The number of benzene rings is 2. The monoisotopic (exact) mass is 439 g/mol. The van der Waals surface area contributed by atoms with Crippen molar-refractivity contribution >= 4 is 48.5 Å². The van der Waals surface area contributed by atoms with Crippen molar-refractivity contribution in [2.45, 2.75) is 0 Å². The molecule has 2 aromatic carbocycles. The maximum absolute atomic E-state index is 14.0. The summed E-state index contributed by atoms with van der Waals surface area (Å²) >= 11 is 4.46. The number of hydrogen-bond acceptors (Lipinski definition) is 4. The van der Waals surface area contributed by atoms with Crippen LogP contribution in [-0.2, 0) is 0 Å². The Kier molecular flexibility index (Phi) is 5.64. The van der Waals surface area contributed by atoms with Gasteiger partial charge in [0.15, 0.2) is 10.9 Å². The van der Waals surface area contributed by atoms with Crippen molar-refractivity contribution in [1.29, 1.82) is 0 Å². The van der Waals surface area contributed by atoms with Gasteiger partial charge in [-0.3, -0.25) is 9.69 Å². The molecule has 0 fully saturated rings. The first-order valence-electron chi connectivity index (χ1n) is 7.83. The van der Waals surface area contributed by atoms with Crippen LogP contribution in [0.3, 0.4) is 0 Å². The molecule has 1 heterocycles. The zero-order valence-electron chi connectivity index (χ0n) is 14.2. The number of hydrogen-bond donors (Lipinski definition) is 0. The van der Waals surface area contributed by atoms with E-state index in [1.165, 1.54) is 11.0 Å². The van der Waals surface area contributed by atoms with E-state index in [2.05, 4.69) is 20.9 Å². The van der Waals surface area contributed by atoms with E-state index in [1.54, 1.807) is 18.2 Å². The number of likely N-dealkylation sites (N-methyl/N-ethyl adjacent to an activating group) is 1. The van der Waals surface area contributed by atoms with Crippen molar-refractivity contribution < 1.29 is 13.6 Å². The molecule has 26 heavy (non-hydrogen) atoms. The maximum atomic E-state index is 14.0. The Hall–Kier alpha value is -1.90. The van der Waals surface area contributed by atoms with Crippen molar-refractivity contribution in [3.8, 4) is 0 Å². The van der Waals surface area contributed by atoms with Gasteiger partial charge in [0.2, 0.25) is 0 Å². The van der Waals surface area contributed by atoms with Gasteiger partial charge in [0, 0.05) is 29.2 Å². The third-order valence-corrected chi connectivity index (χ3v) is 5.24. The Balaban J connectivity index is 2.03. The molecule has 0 saturated heterocycles. The summed E-state index contributed by atoms with van der Waals surface area (Å²) < 4.78 is 28.6. The topological polar surface area (TPSA) is 36.4 Å². The molecule has 3 aromatic rings. The molecule has 0 saturated carbocycles. The fourth-order valence-electron chi connectivity index (χ4n) is 2.42. The molecule has 1 aromatic heterocycles. The summed E-state index contributed by atoms with van der Waals surface area (Å²) in [4.78, 5) is 20.7. The van der Waals surface area contributed by atoms with Gasteiger partial charge < -0.3 is 4.90 Å². The number of fused-ring (bicyclic) bond motifs is 1. The van der Waals surface area contributed by atoms with Crippen LogP contribution in [0.5, 0.6) is 0 Å². The van der Waals surface area contributed by atoms with E-state index < -0.39 is 11.6 Å². The second-order valence-electron chi connectivity index (χ2n) is 6.00. The van der Waals surface area contributed by atoms with E-state index in [4.69, 9.17) is 0 Å². The lowest BCUT2D eigenvalue weighted by atomic mass is 10.2. The summed E-state index contributed by atoms with van der Waals surface area (Å²) in [6.07, 6.45) is 0. The quantitative estimate of drug-likeness (QED) is 0.585. The smallest absolute Gasteiger partial charge is 0.260 e. The third-order valence-electron chi connectivity index (χ3n) is 3.72. The lowest BCUT2D eigenvalue weighted by Gasteiger charge is -2.22. The normalized spacial score (nSPS) is 11.3. The van der Waals surface area contributed by atoms with Gasteiger partial charge in [-0.25, -0.2) is 13.8 Å². The van der Waals surface area contributed by atoms with Crippen LogP contribution in [-0.4, -0.2) is 43.0 Å². The summed E-state index contributed by atoms with van der Waals surface area (Å²) in [6, 6.07) is 9.06. The zero-order chi connectivity index (χ0) is 18.8. The van der Waals surface area contributed by atoms with Crippen molar-refractivity contribution in [2.24, 2.45) is 0 Å². The molecule has 0 aliphatic heterocycles. The van der Waals surface area contributed by atoms with E-state index in [0.29, 0.717) is 28.5 Å². The standard InChI is InChI=1S/C18H16BrF2N3OS/c1-23(2)6-7-24(17(25)11-4-3-5-12(19)8-11)18-22-16-14(21)9-13(20)10-15(16)26-18/h3-5,8-10H,6-7H2,1-2H3. The number of aromatic nitrogens is 1. The largest absolute Gasteiger partial charge is 0.308 e. The lowest BCUT2D eigenvalue weighted by Crippen LogP contribution is -2.36. The third kappa shape index (κ3) is 4.08. The molecule has 3 rings (SSSR count). The highest BCUT2D eigenvalue weighted by Crippen LogP contribution is 2.32. The van der Waals surface area contributed by atoms with Crippen LogP contribution in [0.1, 0.15) is 10.4 Å². The van der Waals surface area contributed by atoms with Gasteiger partial charge in [-0.05, 0) is 38.4 Å². The number of rotatable bonds is 5. The fourth-order valence-corrected chi connectivity index (χ4v) is 3.85. The first-order chi connectivity index (χ1) is 12.3. The minimum atomic E-state index is -0.732. The van der Waals surface area contributed by atoms with Gasteiger partial charge in [-0.1, -0.05) is 33.3 Å². The summed E-state index contributed by atoms with van der Waals surface area (Å²) in [5, 5.41) is 0.344. The highest BCUT2D eigenvalue weighted by molar-refractivity contribution is 9.10. The summed E-state index contributed by atoms with van der Waals surface area (Å²) in [5.41, 5.74) is 0.562. The number of halogens is 3. The van der Waals surface area contributed by atoms with Gasteiger partial charge in [-0.15, -0.1) is 0 Å². The molecule has 136 valence electrons. The Morgan fingerprint density at radius 1 is 1.19 bits per heavy atom. The van der Waals surface area contributed by atoms with Crippen molar-refractivity contribution in [3.05, 3.63) is 58.1 Å². The molecular formula is C18H16BrF2N3OS. The van der Waals surface area contributed by atoms with Crippen molar-refractivity contribution in [2.75, 3.05) is 32.1 Å².